The Hall–Kier alpha value is -3.32. The number of piperidine rings is 1. The summed E-state index contributed by atoms with van der Waals surface area (Å²) in [5.74, 6) is -0.862. The molecule has 1 amide bonds. The van der Waals surface area contributed by atoms with Gasteiger partial charge in [-0.1, -0.05) is 30.3 Å². The van der Waals surface area contributed by atoms with Gasteiger partial charge in [0.25, 0.3) is 11.5 Å². The maximum Gasteiger partial charge on any atom is 0.272 e. The molecular weight excluding hydrogens is 397 g/mol. The van der Waals surface area contributed by atoms with Crippen LogP contribution in [-0.4, -0.2) is 46.8 Å². The highest BCUT2D eigenvalue weighted by molar-refractivity contribution is 5.95. The summed E-state index contributed by atoms with van der Waals surface area (Å²) < 4.78 is 20.2. The van der Waals surface area contributed by atoms with Crippen LogP contribution in [0.4, 0.5) is 4.39 Å². The van der Waals surface area contributed by atoms with Gasteiger partial charge in [0.2, 0.25) is 0 Å². The Morgan fingerprint density at radius 1 is 1.23 bits per heavy atom. The predicted octanol–water partition coefficient (Wildman–Crippen LogP) is 3.46. The second-order valence-electron chi connectivity index (χ2n) is 7.65. The average molecular weight is 421 g/mol. The van der Waals surface area contributed by atoms with Gasteiger partial charge in [0.05, 0.1) is 29.4 Å². The number of aromatic amines is 1. The third-order valence-electron chi connectivity index (χ3n) is 5.59. The topological polar surface area (TPSA) is 75.3 Å². The van der Waals surface area contributed by atoms with E-state index < -0.39 is 5.82 Å². The minimum absolute atomic E-state index is 0.0525. The van der Waals surface area contributed by atoms with Gasteiger partial charge in [0.1, 0.15) is 5.82 Å². The zero-order valence-corrected chi connectivity index (χ0v) is 17.1. The zero-order chi connectivity index (χ0) is 21.8. The molecule has 0 saturated carbocycles. The summed E-state index contributed by atoms with van der Waals surface area (Å²) in [6.07, 6.45) is 3.61. The van der Waals surface area contributed by atoms with Crippen LogP contribution in [0.25, 0.3) is 10.8 Å². The number of fused-ring (bicyclic) bond motifs is 1. The van der Waals surface area contributed by atoms with Crippen LogP contribution in [0.1, 0.15) is 34.5 Å². The number of amides is 1. The number of rotatable bonds is 6. The van der Waals surface area contributed by atoms with Gasteiger partial charge < -0.3 is 9.64 Å². The van der Waals surface area contributed by atoms with Crippen LogP contribution in [0, 0.1) is 5.82 Å². The fourth-order valence-electron chi connectivity index (χ4n) is 3.95. The number of nitrogens with one attached hydrogen (secondary N) is 1. The van der Waals surface area contributed by atoms with Gasteiger partial charge in [-0.15, -0.1) is 6.58 Å². The molecule has 6 nitrogen and oxygen atoms in total. The van der Waals surface area contributed by atoms with Crippen molar-refractivity contribution in [1.29, 1.82) is 0 Å². The standard InChI is InChI=1S/C24H24FN3O3/c1-2-13-31-17-9-11-28(12-10-17)24(30)20-14-16(7-8-21(20)25)15-22-18-5-3-4-6-19(18)23(29)27-26-22/h2-8,14,17H,1,9-13,15H2,(H,27,29). The smallest absolute Gasteiger partial charge is 0.272 e. The number of hydrogen-bond acceptors (Lipinski definition) is 4. The number of aromatic nitrogens is 2. The molecule has 0 spiro atoms. The van der Waals surface area contributed by atoms with Crippen molar-refractivity contribution in [3.05, 3.63) is 88.1 Å². The number of nitrogens with zero attached hydrogens (tertiary/aromatic N) is 2. The van der Waals surface area contributed by atoms with Gasteiger partial charge in [-0.2, -0.15) is 5.10 Å². The molecule has 1 fully saturated rings. The Balaban J connectivity index is 1.53. The number of carbonyl (C=O) groups excluding carboxylic acids is 1. The number of halogens is 1. The Morgan fingerprint density at radius 2 is 1.97 bits per heavy atom. The van der Waals surface area contributed by atoms with Gasteiger partial charge in [0.15, 0.2) is 0 Å². The first-order valence-electron chi connectivity index (χ1n) is 10.3. The van der Waals surface area contributed by atoms with Gasteiger partial charge in [-0.3, -0.25) is 9.59 Å². The molecule has 0 bridgehead atoms. The molecule has 1 N–H and O–H groups in total. The first kappa shape index (κ1) is 20.9. The van der Waals surface area contributed by atoms with Crippen molar-refractivity contribution in [3.63, 3.8) is 0 Å². The lowest BCUT2D eigenvalue weighted by molar-refractivity contribution is 0.0210. The summed E-state index contributed by atoms with van der Waals surface area (Å²) in [4.78, 5) is 26.6. The number of likely N-dealkylation sites (tertiary alicyclic amines) is 1. The molecular formula is C24H24FN3O3. The Labute approximate surface area is 179 Å². The van der Waals surface area contributed by atoms with Gasteiger partial charge in [0, 0.05) is 24.9 Å². The normalized spacial score (nSPS) is 14.7. The highest BCUT2D eigenvalue weighted by Gasteiger charge is 2.26. The van der Waals surface area contributed by atoms with E-state index in [1.165, 1.54) is 6.07 Å². The Morgan fingerprint density at radius 3 is 2.71 bits per heavy atom. The maximum atomic E-state index is 14.5. The van der Waals surface area contributed by atoms with Gasteiger partial charge in [-0.25, -0.2) is 9.49 Å². The van der Waals surface area contributed by atoms with Crippen LogP contribution in [0.15, 0.2) is 59.9 Å². The summed E-state index contributed by atoms with van der Waals surface area (Å²) in [6.45, 7) is 5.18. The third-order valence-corrected chi connectivity index (χ3v) is 5.59. The van der Waals surface area contributed by atoms with Gasteiger partial charge >= 0.3 is 0 Å². The fourth-order valence-corrected chi connectivity index (χ4v) is 3.95. The molecule has 3 aromatic rings. The molecule has 1 saturated heterocycles. The van der Waals surface area contributed by atoms with Crippen LogP contribution in [0.5, 0.6) is 0 Å². The van der Waals surface area contributed by atoms with Gasteiger partial charge in [-0.05, 0) is 36.6 Å². The minimum atomic E-state index is -0.543. The van der Waals surface area contributed by atoms with E-state index in [-0.39, 0.29) is 23.1 Å². The summed E-state index contributed by atoms with van der Waals surface area (Å²) >= 11 is 0. The number of benzene rings is 2. The highest BCUT2D eigenvalue weighted by atomic mass is 19.1. The molecule has 2 heterocycles. The largest absolute Gasteiger partial charge is 0.374 e. The lowest BCUT2D eigenvalue weighted by atomic mass is 10.0. The second kappa shape index (κ2) is 9.22. The third kappa shape index (κ3) is 4.56. The highest BCUT2D eigenvalue weighted by Crippen LogP contribution is 2.21. The molecule has 31 heavy (non-hydrogen) atoms. The first-order valence-corrected chi connectivity index (χ1v) is 10.3. The van der Waals surface area contributed by atoms with E-state index >= 15 is 0 Å². The van der Waals surface area contributed by atoms with Crippen LogP contribution in [0.2, 0.25) is 0 Å². The fraction of sp³-hybridized carbons (Fsp3) is 0.292. The quantitative estimate of drug-likeness (QED) is 0.619. The second-order valence-corrected chi connectivity index (χ2v) is 7.65. The average Bonchev–Trinajstić information content (AvgIpc) is 2.81. The Kier molecular flexibility index (Phi) is 6.23. The maximum absolute atomic E-state index is 14.5. The molecule has 1 aromatic heterocycles. The van der Waals surface area contributed by atoms with E-state index in [1.54, 1.807) is 35.2 Å². The first-order chi connectivity index (χ1) is 15.1. The SMILES string of the molecule is C=CCOC1CCN(C(=O)c2cc(Cc3n[nH]c(=O)c4ccccc34)ccc2F)CC1. The summed E-state index contributed by atoms with van der Waals surface area (Å²) in [6, 6.07) is 11.7. The lowest BCUT2D eigenvalue weighted by Gasteiger charge is -2.32. The minimum Gasteiger partial charge on any atom is -0.374 e. The molecule has 2 aromatic carbocycles. The zero-order valence-electron chi connectivity index (χ0n) is 17.1. The molecule has 0 atom stereocenters. The van der Waals surface area contributed by atoms with Crippen LogP contribution in [0.3, 0.4) is 0 Å². The molecule has 0 radical (unpaired) electrons. The Bertz CT molecular complexity index is 1170. The van der Waals surface area contributed by atoms with Crippen molar-refractivity contribution in [2.75, 3.05) is 19.7 Å². The van der Waals surface area contributed by atoms with E-state index in [4.69, 9.17) is 4.74 Å². The van der Waals surface area contributed by atoms with Crippen molar-refractivity contribution in [2.45, 2.75) is 25.4 Å². The molecule has 0 unspecified atom stereocenters. The van der Waals surface area contributed by atoms with Crippen LogP contribution >= 0.6 is 0 Å². The number of hydrogen-bond donors (Lipinski definition) is 1. The van der Waals surface area contributed by atoms with E-state index in [0.29, 0.717) is 50.0 Å². The number of carbonyl (C=O) groups is 1. The molecule has 0 aliphatic carbocycles. The van der Waals surface area contributed by atoms with E-state index in [2.05, 4.69) is 16.8 Å². The number of H-pyrrole nitrogens is 1. The molecule has 4 rings (SSSR count). The van der Waals surface area contributed by atoms with E-state index in [9.17, 15) is 14.0 Å². The van der Waals surface area contributed by atoms with E-state index in [0.717, 1.165) is 10.9 Å². The van der Waals surface area contributed by atoms with Crippen molar-refractivity contribution >= 4 is 16.7 Å². The monoisotopic (exact) mass is 421 g/mol. The summed E-state index contributed by atoms with van der Waals surface area (Å²) in [5, 5.41) is 7.97. The van der Waals surface area contributed by atoms with E-state index in [1.807, 2.05) is 12.1 Å². The van der Waals surface area contributed by atoms with Crippen LogP contribution in [-0.2, 0) is 11.2 Å². The van der Waals surface area contributed by atoms with Crippen LogP contribution < -0.4 is 5.56 Å². The van der Waals surface area contributed by atoms with Crippen molar-refractivity contribution < 1.29 is 13.9 Å². The molecule has 7 heteroatoms. The molecule has 160 valence electrons. The van der Waals surface area contributed by atoms with Crippen molar-refractivity contribution in [1.82, 2.24) is 15.1 Å². The number of ether oxygens (including phenoxy) is 1. The lowest BCUT2D eigenvalue weighted by Crippen LogP contribution is -2.41. The van der Waals surface area contributed by atoms with Crippen molar-refractivity contribution in [2.24, 2.45) is 0 Å². The summed E-state index contributed by atoms with van der Waals surface area (Å²) in [5.41, 5.74) is 1.21. The van der Waals surface area contributed by atoms with Crippen molar-refractivity contribution in [3.8, 4) is 0 Å². The molecule has 1 aliphatic heterocycles. The summed E-state index contributed by atoms with van der Waals surface area (Å²) in [7, 11) is 0. The molecule has 1 aliphatic rings. The predicted molar refractivity (Wildman–Crippen MR) is 117 cm³/mol.